The third-order valence-corrected chi connectivity index (χ3v) is 6.37. The summed E-state index contributed by atoms with van der Waals surface area (Å²) < 4.78 is 7.66. The Morgan fingerprint density at radius 3 is 2.04 bits per heavy atom. The monoisotopic (exact) mass is 424 g/mol. The van der Waals surface area contributed by atoms with E-state index in [0.29, 0.717) is 0 Å². The second-order valence-corrected chi connectivity index (χ2v) is 7.34. The predicted molar refractivity (Wildman–Crippen MR) is 103 cm³/mol. The van der Waals surface area contributed by atoms with Crippen LogP contribution in [0.2, 0.25) is 0 Å². The second-order valence-electron chi connectivity index (χ2n) is 5.70. The first kappa shape index (κ1) is 13.6. The van der Waals surface area contributed by atoms with E-state index in [2.05, 4.69) is 86.5 Å². The Morgan fingerprint density at radius 2 is 1.35 bits per heavy atom. The van der Waals surface area contributed by atoms with Crippen molar-refractivity contribution >= 4 is 64.2 Å². The van der Waals surface area contributed by atoms with Gasteiger partial charge in [0.05, 0.1) is 8.95 Å². The van der Waals surface area contributed by atoms with Crippen LogP contribution < -0.4 is 0 Å². The molecule has 1 aromatic heterocycles. The summed E-state index contributed by atoms with van der Waals surface area (Å²) in [5, 5.41) is 7.66. The molecular formula is C20H10Br2O. The van der Waals surface area contributed by atoms with Gasteiger partial charge in [0.2, 0.25) is 0 Å². The van der Waals surface area contributed by atoms with Gasteiger partial charge in [0.25, 0.3) is 0 Å². The number of hydrogen-bond acceptors (Lipinski definition) is 1. The van der Waals surface area contributed by atoms with Crippen LogP contribution in [0.3, 0.4) is 0 Å². The molecule has 3 heteroatoms. The average molecular weight is 426 g/mol. The van der Waals surface area contributed by atoms with Gasteiger partial charge >= 0.3 is 0 Å². The molecule has 0 aliphatic heterocycles. The van der Waals surface area contributed by atoms with Gasteiger partial charge in [-0.3, -0.25) is 0 Å². The largest absolute Gasteiger partial charge is 0.462 e. The van der Waals surface area contributed by atoms with Crippen molar-refractivity contribution in [2.24, 2.45) is 0 Å². The van der Waals surface area contributed by atoms with Crippen molar-refractivity contribution < 1.29 is 4.42 Å². The van der Waals surface area contributed by atoms with Gasteiger partial charge < -0.3 is 4.42 Å². The summed E-state index contributed by atoms with van der Waals surface area (Å²) in [6.07, 6.45) is 1.72. The lowest BCUT2D eigenvalue weighted by molar-refractivity contribution is 0.580. The van der Waals surface area contributed by atoms with Crippen molar-refractivity contribution in [3.8, 4) is 11.3 Å². The Bertz CT molecular complexity index is 1170. The minimum atomic E-state index is 0.856. The molecule has 0 saturated heterocycles. The molecule has 4 aromatic carbocycles. The third-order valence-electron chi connectivity index (χ3n) is 4.46. The summed E-state index contributed by atoms with van der Waals surface area (Å²) in [4.78, 5) is 0. The van der Waals surface area contributed by atoms with Crippen LogP contribution in [0.4, 0.5) is 0 Å². The van der Waals surface area contributed by atoms with Crippen molar-refractivity contribution in [3.05, 3.63) is 69.8 Å². The molecule has 0 saturated carbocycles. The maximum absolute atomic E-state index is 5.78. The first-order valence-electron chi connectivity index (χ1n) is 7.33. The van der Waals surface area contributed by atoms with Crippen LogP contribution in [-0.2, 0) is 0 Å². The molecule has 0 aliphatic rings. The van der Waals surface area contributed by atoms with Crippen molar-refractivity contribution in [2.75, 3.05) is 0 Å². The lowest BCUT2D eigenvalue weighted by Crippen LogP contribution is -1.86. The average Bonchev–Trinajstić information content (AvgIpc) is 2.92. The molecule has 0 atom stereocenters. The minimum absolute atomic E-state index is 0.856. The molecule has 1 nitrogen and oxygen atoms in total. The molecule has 0 bridgehead atoms. The molecule has 5 rings (SSSR count). The number of hydrogen-bond donors (Lipinski definition) is 0. The molecule has 5 aromatic rings. The lowest BCUT2D eigenvalue weighted by atomic mass is 9.91. The molecular weight excluding hydrogens is 416 g/mol. The van der Waals surface area contributed by atoms with Crippen molar-refractivity contribution in [1.82, 2.24) is 0 Å². The number of benzene rings is 4. The molecule has 110 valence electrons. The van der Waals surface area contributed by atoms with Gasteiger partial charge in [0.1, 0.15) is 12.0 Å². The van der Waals surface area contributed by atoms with Crippen molar-refractivity contribution in [1.29, 1.82) is 0 Å². The third kappa shape index (κ3) is 1.84. The van der Waals surface area contributed by atoms with E-state index in [1.165, 1.54) is 32.3 Å². The smallest absolute Gasteiger partial charge is 0.149 e. The van der Waals surface area contributed by atoms with E-state index in [-0.39, 0.29) is 0 Å². The summed E-state index contributed by atoms with van der Waals surface area (Å²) in [6, 6.07) is 19.6. The van der Waals surface area contributed by atoms with Crippen molar-refractivity contribution in [3.63, 3.8) is 0 Å². The zero-order valence-corrected chi connectivity index (χ0v) is 15.1. The zero-order chi connectivity index (χ0) is 15.6. The first-order chi connectivity index (χ1) is 11.2. The van der Waals surface area contributed by atoms with E-state index in [9.17, 15) is 0 Å². The maximum atomic E-state index is 5.78. The van der Waals surface area contributed by atoms with E-state index in [4.69, 9.17) is 4.42 Å². The van der Waals surface area contributed by atoms with Crippen LogP contribution in [0.15, 0.2) is 74.2 Å². The van der Waals surface area contributed by atoms with Crippen LogP contribution in [0.1, 0.15) is 0 Å². The normalized spacial score (nSPS) is 11.9. The number of furan rings is 1. The van der Waals surface area contributed by atoms with Crippen LogP contribution in [0.5, 0.6) is 0 Å². The highest BCUT2D eigenvalue weighted by atomic mass is 79.9. The van der Waals surface area contributed by atoms with Gasteiger partial charge in [-0.05, 0) is 70.2 Å². The van der Waals surface area contributed by atoms with Gasteiger partial charge in [-0.1, -0.05) is 48.5 Å². The zero-order valence-electron chi connectivity index (χ0n) is 11.9. The molecule has 0 radical (unpaired) electrons. The Balaban J connectivity index is 2.01. The summed E-state index contributed by atoms with van der Waals surface area (Å²) >= 11 is 7.12. The summed E-state index contributed by atoms with van der Waals surface area (Å²) in [5.41, 5.74) is 1.10. The summed E-state index contributed by atoms with van der Waals surface area (Å²) in [6.45, 7) is 0. The molecule has 0 N–H and O–H groups in total. The van der Waals surface area contributed by atoms with Gasteiger partial charge in [-0.15, -0.1) is 0 Å². The minimum Gasteiger partial charge on any atom is -0.462 e. The van der Waals surface area contributed by atoms with E-state index < -0.39 is 0 Å². The van der Waals surface area contributed by atoms with E-state index in [1.807, 2.05) is 0 Å². The lowest BCUT2D eigenvalue weighted by Gasteiger charge is -2.13. The Hall–Kier alpha value is -1.84. The summed E-state index contributed by atoms with van der Waals surface area (Å²) in [5.74, 6) is 0.856. The van der Waals surface area contributed by atoms with Gasteiger partial charge in [-0.2, -0.15) is 0 Å². The maximum Gasteiger partial charge on any atom is 0.149 e. The van der Waals surface area contributed by atoms with Crippen LogP contribution >= 0.6 is 31.9 Å². The Kier molecular flexibility index (Phi) is 2.85. The highest BCUT2D eigenvalue weighted by Crippen LogP contribution is 2.43. The molecule has 0 aliphatic carbocycles. The van der Waals surface area contributed by atoms with E-state index in [0.717, 1.165) is 20.3 Å². The molecule has 0 unspecified atom stereocenters. The predicted octanol–water partition coefficient (Wildman–Crippen LogP) is 7.37. The first-order valence-corrected chi connectivity index (χ1v) is 8.92. The van der Waals surface area contributed by atoms with Gasteiger partial charge in [0, 0.05) is 5.56 Å². The summed E-state index contributed by atoms with van der Waals surface area (Å²) in [7, 11) is 0. The van der Waals surface area contributed by atoms with Gasteiger partial charge in [-0.25, -0.2) is 0 Å². The molecule has 23 heavy (non-hydrogen) atoms. The fourth-order valence-corrected chi connectivity index (χ4v) is 4.11. The quantitative estimate of drug-likeness (QED) is 0.255. The number of rotatable bonds is 1. The van der Waals surface area contributed by atoms with Crippen LogP contribution in [-0.4, -0.2) is 0 Å². The number of halogens is 2. The molecule has 0 fully saturated rings. The topological polar surface area (TPSA) is 13.1 Å². The highest BCUT2D eigenvalue weighted by molar-refractivity contribution is 9.13. The van der Waals surface area contributed by atoms with Crippen molar-refractivity contribution in [2.45, 2.75) is 0 Å². The molecule has 0 amide bonds. The Labute approximate surface area is 149 Å². The van der Waals surface area contributed by atoms with Gasteiger partial charge in [0.15, 0.2) is 0 Å². The van der Waals surface area contributed by atoms with Crippen LogP contribution in [0.25, 0.3) is 43.6 Å². The molecule has 1 heterocycles. The molecule has 0 spiro atoms. The Morgan fingerprint density at radius 1 is 0.696 bits per heavy atom. The van der Waals surface area contributed by atoms with E-state index >= 15 is 0 Å². The fourth-order valence-electron chi connectivity index (χ4n) is 3.44. The highest BCUT2D eigenvalue weighted by Gasteiger charge is 2.16. The standard InChI is InChI=1S/C20H10Br2O/c21-16-10-23-20(19(16)22)15-9-7-13-5-4-11-2-1-3-12-6-8-14(15)18(13)17(11)12/h1-10H. The SMILES string of the molecule is Brc1coc(-c2ccc3ccc4cccc5ccc2c3c45)c1Br. The van der Waals surface area contributed by atoms with Crippen LogP contribution in [0, 0.1) is 0 Å². The van der Waals surface area contributed by atoms with E-state index in [1.54, 1.807) is 6.26 Å². The second kappa shape index (κ2) is 4.83. The fraction of sp³-hybridized carbons (Fsp3) is 0.